The quantitative estimate of drug-likeness (QED) is 0.868. The molecule has 0 aliphatic carbocycles. The maximum Gasteiger partial charge on any atom is 0.0522 e. The van der Waals surface area contributed by atoms with Gasteiger partial charge in [0.2, 0.25) is 0 Å². The van der Waals surface area contributed by atoms with Gasteiger partial charge in [0.25, 0.3) is 0 Å². The lowest BCUT2D eigenvalue weighted by Crippen LogP contribution is -2.46. The lowest BCUT2D eigenvalue weighted by Gasteiger charge is -2.35. The Labute approximate surface area is 109 Å². The molecule has 2 atom stereocenters. The minimum atomic E-state index is 0.737. The summed E-state index contributed by atoms with van der Waals surface area (Å²) in [5.74, 6) is 0. The van der Waals surface area contributed by atoms with Gasteiger partial charge < -0.3 is 10.2 Å². The zero-order valence-electron chi connectivity index (χ0n) is 11.3. The predicted molar refractivity (Wildman–Crippen MR) is 72.5 cm³/mol. The van der Waals surface area contributed by atoms with Crippen LogP contribution in [0.2, 0.25) is 0 Å². The Kier molecular flexibility index (Phi) is 3.66. The summed E-state index contributed by atoms with van der Waals surface area (Å²) in [5, 5.41) is 7.94. The van der Waals surface area contributed by atoms with Gasteiger partial charge >= 0.3 is 0 Å². The molecule has 2 aliphatic heterocycles. The predicted octanol–water partition coefficient (Wildman–Crippen LogP) is 1.18. The van der Waals surface area contributed by atoms with Crippen molar-refractivity contribution in [2.45, 2.75) is 44.2 Å². The SMILES string of the molecule is Cn1cc(CCNC2CCN3CCCC3C2)cn1. The number of aromatic nitrogens is 2. The Balaban J connectivity index is 1.41. The average Bonchev–Trinajstić information content (AvgIpc) is 2.97. The highest BCUT2D eigenvalue weighted by molar-refractivity contribution is 5.04. The van der Waals surface area contributed by atoms with Gasteiger partial charge in [-0.1, -0.05) is 0 Å². The van der Waals surface area contributed by atoms with Crippen LogP contribution in [0.5, 0.6) is 0 Å². The van der Waals surface area contributed by atoms with E-state index in [1.165, 1.54) is 44.3 Å². The number of fused-ring (bicyclic) bond motifs is 1. The number of hydrogen-bond donors (Lipinski definition) is 1. The molecule has 0 amide bonds. The molecule has 2 unspecified atom stereocenters. The van der Waals surface area contributed by atoms with E-state index >= 15 is 0 Å². The molecule has 4 nitrogen and oxygen atoms in total. The van der Waals surface area contributed by atoms with E-state index in [9.17, 15) is 0 Å². The highest BCUT2D eigenvalue weighted by Crippen LogP contribution is 2.26. The zero-order chi connectivity index (χ0) is 12.4. The van der Waals surface area contributed by atoms with Gasteiger partial charge in [-0.05, 0) is 57.3 Å². The van der Waals surface area contributed by atoms with Crippen LogP contribution >= 0.6 is 0 Å². The molecule has 0 aromatic carbocycles. The Hall–Kier alpha value is -0.870. The summed E-state index contributed by atoms with van der Waals surface area (Å²) in [7, 11) is 1.98. The third kappa shape index (κ3) is 2.75. The minimum absolute atomic E-state index is 0.737. The normalized spacial score (nSPS) is 28.5. The van der Waals surface area contributed by atoms with Gasteiger partial charge in [0, 0.05) is 25.3 Å². The topological polar surface area (TPSA) is 33.1 Å². The molecule has 0 bridgehead atoms. The molecule has 1 aromatic heterocycles. The first-order valence-corrected chi connectivity index (χ1v) is 7.26. The fraction of sp³-hybridized carbons (Fsp3) is 0.786. The second-order valence-electron chi connectivity index (χ2n) is 5.78. The van der Waals surface area contributed by atoms with E-state index < -0.39 is 0 Å². The molecular weight excluding hydrogens is 224 g/mol. The smallest absolute Gasteiger partial charge is 0.0522 e. The van der Waals surface area contributed by atoms with E-state index in [2.05, 4.69) is 21.5 Å². The van der Waals surface area contributed by atoms with Crippen LogP contribution < -0.4 is 5.32 Å². The highest BCUT2D eigenvalue weighted by Gasteiger charge is 2.31. The third-order valence-electron chi connectivity index (χ3n) is 4.43. The molecule has 0 saturated carbocycles. The number of nitrogens with zero attached hydrogens (tertiary/aromatic N) is 3. The molecule has 0 radical (unpaired) electrons. The molecule has 100 valence electrons. The Morgan fingerprint density at radius 3 is 3.17 bits per heavy atom. The summed E-state index contributed by atoms with van der Waals surface area (Å²) >= 11 is 0. The van der Waals surface area contributed by atoms with Crippen LogP contribution in [0.15, 0.2) is 12.4 Å². The van der Waals surface area contributed by atoms with Crippen LogP contribution in [0.4, 0.5) is 0 Å². The zero-order valence-corrected chi connectivity index (χ0v) is 11.3. The van der Waals surface area contributed by atoms with Crippen molar-refractivity contribution in [1.82, 2.24) is 20.0 Å². The second-order valence-corrected chi connectivity index (χ2v) is 5.78. The monoisotopic (exact) mass is 248 g/mol. The summed E-state index contributed by atoms with van der Waals surface area (Å²) < 4.78 is 1.88. The maximum atomic E-state index is 4.21. The molecule has 0 spiro atoms. The van der Waals surface area contributed by atoms with Gasteiger partial charge in [-0.15, -0.1) is 0 Å². The average molecular weight is 248 g/mol. The molecule has 2 saturated heterocycles. The van der Waals surface area contributed by atoms with Crippen molar-refractivity contribution in [3.63, 3.8) is 0 Å². The van der Waals surface area contributed by atoms with E-state index in [0.29, 0.717) is 0 Å². The highest BCUT2D eigenvalue weighted by atomic mass is 15.2. The fourth-order valence-corrected chi connectivity index (χ4v) is 3.43. The van der Waals surface area contributed by atoms with Crippen LogP contribution in [0, 0.1) is 0 Å². The first-order chi connectivity index (χ1) is 8.81. The number of hydrogen-bond acceptors (Lipinski definition) is 3. The van der Waals surface area contributed by atoms with E-state index in [0.717, 1.165) is 25.0 Å². The van der Waals surface area contributed by atoms with Gasteiger partial charge in [0.15, 0.2) is 0 Å². The van der Waals surface area contributed by atoms with Crippen molar-refractivity contribution in [2.75, 3.05) is 19.6 Å². The maximum absolute atomic E-state index is 4.21. The van der Waals surface area contributed by atoms with Crippen LogP contribution in [0.1, 0.15) is 31.2 Å². The molecule has 3 heterocycles. The Morgan fingerprint density at radius 2 is 2.33 bits per heavy atom. The number of nitrogens with one attached hydrogen (secondary N) is 1. The van der Waals surface area contributed by atoms with Gasteiger partial charge in [0.1, 0.15) is 0 Å². The molecule has 3 rings (SSSR count). The van der Waals surface area contributed by atoms with Crippen molar-refractivity contribution < 1.29 is 0 Å². The summed E-state index contributed by atoms with van der Waals surface area (Å²) in [5.41, 5.74) is 1.34. The molecule has 4 heteroatoms. The van der Waals surface area contributed by atoms with E-state index in [-0.39, 0.29) is 0 Å². The number of rotatable bonds is 4. The Bertz CT molecular complexity index is 387. The largest absolute Gasteiger partial charge is 0.314 e. The second kappa shape index (κ2) is 5.41. The third-order valence-corrected chi connectivity index (χ3v) is 4.43. The van der Waals surface area contributed by atoms with Crippen molar-refractivity contribution in [3.05, 3.63) is 18.0 Å². The van der Waals surface area contributed by atoms with Gasteiger partial charge in [-0.3, -0.25) is 4.68 Å². The van der Waals surface area contributed by atoms with Gasteiger partial charge in [-0.2, -0.15) is 5.10 Å². The summed E-state index contributed by atoms with van der Waals surface area (Å²) in [4.78, 5) is 2.68. The van der Waals surface area contributed by atoms with Crippen molar-refractivity contribution in [3.8, 4) is 0 Å². The van der Waals surface area contributed by atoms with Crippen LogP contribution in [0.3, 0.4) is 0 Å². The van der Waals surface area contributed by atoms with E-state index in [4.69, 9.17) is 0 Å². The molecule has 1 N–H and O–H groups in total. The van der Waals surface area contributed by atoms with Crippen molar-refractivity contribution in [2.24, 2.45) is 7.05 Å². The lowest BCUT2D eigenvalue weighted by atomic mass is 9.97. The van der Waals surface area contributed by atoms with Crippen LogP contribution in [-0.4, -0.2) is 46.4 Å². The van der Waals surface area contributed by atoms with E-state index in [1.807, 2.05) is 17.9 Å². The summed E-state index contributed by atoms with van der Waals surface area (Å²) in [6.07, 6.45) is 10.7. The molecule has 18 heavy (non-hydrogen) atoms. The summed E-state index contributed by atoms with van der Waals surface area (Å²) in [6, 6.07) is 1.61. The van der Waals surface area contributed by atoms with Crippen molar-refractivity contribution in [1.29, 1.82) is 0 Å². The molecule has 2 aliphatic rings. The van der Waals surface area contributed by atoms with Crippen LogP contribution in [-0.2, 0) is 13.5 Å². The standard InChI is InChI=1S/C14H24N4/c1-17-11-12(10-16-17)4-6-15-13-5-8-18-7-2-3-14(18)9-13/h10-11,13-15H,2-9H2,1H3. The summed E-state index contributed by atoms with van der Waals surface area (Å²) in [6.45, 7) is 3.73. The molecule has 2 fully saturated rings. The number of piperidine rings is 1. The van der Waals surface area contributed by atoms with Crippen molar-refractivity contribution >= 4 is 0 Å². The molecular formula is C14H24N4. The molecule has 1 aromatic rings. The number of aryl methyl sites for hydroxylation is 1. The first kappa shape index (κ1) is 12.2. The Morgan fingerprint density at radius 1 is 1.39 bits per heavy atom. The van der Waals surface area contributed by atoms with Gasteiger partial charge in [0.05, 0.1) is 6.20 Å². The van der Waals surface area contributed by atoms with E-state index in [1.54, 1.807) is 0 Å². The van der Waals surface area contributed by atoms with Crippen LogP contribution in [0.25, 0.3) is 0 Å². The fourth-order valence-electron chi connectivity index (χ4n) is 3.43. The first-order valence-electron chi connectivity index (χ1n) is 7.26. The lowest BCUT2D eigenvalue weighted by molar-refractivity contribution is 0.167. The van der Waals surface area contributed by atoms with Gasteiger partial charge in [-0.25, -0.2) is 0 Å². The minimum Gasteiger partial charge on any atom is -0.314 e.